The lowest BCUT2D eigenvalue weighted by atomic mass is 10.1. The summed E-state index contributed by atoms with van der Waals surface area (Å²) in [7, 11) is 2.46. The Hall–Kier alpha value is -0.0400. The van der Waals surface area contributed by atoms with Gasteiger partial charge in [-0.1, -0.05) is 32.6 Å². The first kappa shape index (κ1) is 13.0. The van der Waals surface area contributed by atoms with Crippen molar-refractivity contribution in [1.29, 1.82) is 0 Å². The largest absolute Gasteiger partial charge is 0.326 e. The third-order valence-electron chi connectivity index (χ3n) is 3.95. The third kappa shape index (κ3) is 5.55. The fourth-order valence-electron chi connectivity index (χ4n) is 2.77. The predicted molar refractivity (Wildman–Crippen MR) is 68.0 cm³/mol. The number of piperidine rings is 1. The minimum Gasteiger partial charge on any atom is -0.326 e. The van der Waals surface area contributed by atoms with Crippen LogP contribution in [0.1, 0.15) is 64.7 Å². The van der Waals surface area contributed by atoms with Crippen molar-refractivity contribution in [2.75, 3.05) is 26.7 Å². The van der Waals surface area contributed by atoms with E-state index in [0.29, 0.717) is 0 Å². The average molecular weight is 212 g/mol. The van der Waals surface area contributed by atoms with Gasteiger partial charge in [0.15, 0.2) is 0 Å². The highest BCUT2D eigenvalue weighted by atomic mass is 15.3. The van der Waals surface area contributed by atoms with Gasteiger partial charge in [-0.05, 0) is 32.1 Å². The number of nitrogens with zero attached hydrogens (tertiary/aromatic N) is 1. The van der Waals surface area contributed by atoms with Crippen molar-refractivity contribution in [3.8, 4) is 0 Å². The molecule has 1 fully saturated rings. The smallest absolute Gasteiger partial charge is 0.0784 e. The second-order valence-corrected chi connectivity index (χ2v) is 5.62. The van der Waals surface area contributed by atoms with E-state index in [-0.39, 0.29) is 0 Å². The van der Waals surface area contributed by atoms with Gasteiger partial charge in [0.05, 0.1) is 26.7 Å². The monoisotopic (exact) mass is 212 g/mol. The summed E-state index contributed by atoms with van der Waals surface area (Å²) in [6.07, 6.45) is 13.1. The van der Waals surface area contributed by atoms with E-state index in [0.717, 1.165) is 0 Å². The molecule has 0 amide bonds. The van der Waals surface area contributed by atoms with Crippen molar-refractivity contribution in [3.05, 3.63) is 0 Å². The number of rotatable bonds is 7. The summed E-state index contributed by atoms with van der Waals surface area (Å²) in [6, 6.07) is 0. The van der Waals surface area contributed by atoms with Gasteiger partial charge in [-0.15, -0.1) is 0 Å². The SMILES string of the molecule is CCCCCCCC[N+]1(C)CCCCC1. The Morgan fingerprint density at radius 3 is 2.07 bits per heavy atom. The molecule has 1 rings (SSSR count). The Bertz CT molecular complexity index is 147. The van der Waals surface area contributed by atoms with Crippen molar-refractivity contribution < 1.29 is 4.48 Å². The van der Waals surface area contributed by atoms with Crippen molar-refractivity contribution in [3.63, 3.8) is 0 Å². The van der Waals surface area contributed by atoms with Crippen LogP contribution in [0.15, 0.2) is 0 Å². The van der Waals surface area contributed by atoms with E-state index in [9.17, 15) is 0 Å². The lowest BCUT2D eigenvalue weighted by Crippen LogP contribution is -2.48. The molecule has 1 heteroatoms. The zero-order valence-corrected chi connectivity index (χ0v) is 10.9. The van der Waals surface area contributed by atoms with Crippen molar-refractivity contribution in [2.24, 2.45) is 0 Å². The van der Waals surface area contributed by atoms with Gasteiger partial charge in [-0.25, -0.2) is 0 Å². The van der Waals surface area contributed by atoms with Crippen LogP contribution in [0, 0.1) is 0 Å². The van der Waals surface area contributed by atoms with E-state index < -0.39 is 0 Å². The molecule has 1 aliphatic heterocycles. The van der Waals surface area contributed by atoms with Gasteiger partial charge in [0, 0.05) is 0 Å². The van der Waals surface area contributed by atoms with E-state index in [1.807, 2.05) is 0 Å². The summed E-state index contributed by atoms with van der Waals surface area (Å²) in [5.74, 6) is 0. The van der Waals surface area contributed by atoms with Gasteiger partial charge in [-0.2, -0.15) is 0 Å². The minimum absolute atomic E-state index is 1.37. The van der Waals surface area contributed by atoms with Crippen molar-refractivity contribution >= 4 is 0 Å². The van der Waals surface area contributed by atoms with Crippen LogP contribution in [0.2, 0.25) is 0 Å². The lowest BCUT2D eigenvalue weighted by molar-refractivity contribution is -0.914. The molecule has 0 spiro atoms. The molecule has 0 N–H and O–H groups in total. The molecule has 15 heavy (non-hydrogen) atoms. The number of hydrogen-bond acceptors (Lipinski definition) is 0. The molecule has 0 unspecified atom stereocenters. The third-order valence-corrected chi connectivity index (χ3v) is 3.95. The molecule has 0 bridgehead atoms. The van der Waals surface area contributed by atoms with Crippen LogP contribution < -0.4 is 0 Å². The number of quaternary nitrogens is 1. The number of likely N-dealkylation sites (tertiary alicyclic amines) is 1. The normalized spacial score (nSPS) is 20.4. The van der Waals surface area contributed by atoms with E-state index in [2.05, 4.69) is 14.0 Å². The zero-order chi connectivity index (χ0) is 11.0. The predicted octanol–water partition coefficient (Wildman–Crippen LogP) is 3.98. The Morgan fingerprint density at radius 2 is 1.40 bits per heavy atom. The van der Waals surface area contributed by atoms with Gasteiger partial charge < -0.3 is 4.48 Å². The van der Waals surface area contributed by atoms with Crippen LogP contribution in [0.3, 0.4) is 0 Å². The van der Waals surface area contributed by atoms with E-state index in [4.69, 9.17) is 0 Å². The molecule has 0 aromatic rings. The van der Waals surface area contributed by atoms with Crippen LogP contribution in [0.5, 0.6) is 0 Å². The highest BCUT2D eigenvalue weighted by molar-refractivity contribution is 4.52. The van der Waals surface area contributed by atoms with E-state index >= 15 is 0 Å². The molecule has 90 valence electrons. The Balaban J connectivity index is 1.98. The molecule has 0 aliphatic carbocycles. The fourth-order valence-corrected chi connectivity index (χ4v) is 2.77. The maximum atomic E-state index is 2.46. The first-order chi connectivity index (χ1) is 7.27. The maximum Gasteiger partial charge on any atom is 0.0784 e. The fraction of sp³-hybridized carbons (Fsp3) is 1.00. The molecule has 0 aromatic heterocycles. The molecule has 1 heterocycles. The second-order valence-electron chi connectivity index (χ2n) is 5.62. The standard InChI is InChI=1S/C14H30N/c1-3-4-5-6-7-9-12-15(2)13-10-8-11-14-15/h3-14H2,1-2H3/q+1. The van der Waals surface area contributed by atoms with Crippen LogP contribution in [0.4, 0.5) is 0 Å². The summed E-state index contributed by atoms with van der Waals surface area (Å²) in [5.41, 5.74) is 0. The first-order valence-electron chi connectivity index (χ1n) is 7.10. The van der Waals surface area contributed by atoms with Gasteiger partial charge in [-0.3, -0.25) is 0 Å². The number of unbranched alkanes of at least 4 members (excludes halogenated alkanes) is 5. The van der Waals surface area contributed by atoms with Crippen molar-refractivity contribution in [1.82, 2.24) is 0 Å². The Morgan fingerprint density at radius 1 is 0.800 bits per heavy atom. The topological polar surface area (TPSA) is 0 Å². The van der Waals surface area contributed by atoms with Gasteiger partial charge in [0.25, 0.3) is 0 Å². The van der Waals surface area contributed by atoms with E-state index in [1.165, 1.54) is 81.9 Å². The first-order valence-corrected chi connectivity index (χ1v) is 7.10. The summed E-state index contributed by atoms with van der Waals surface area (Å²) >= 11 is 0. The molecule has 1 aliphatic rings. The molecule has 0 radical (unpaired) electrons. The summed E-state index contributed by atoms with van der Waals surface area (Å²) in [5, 5.41) is 0. The molecular weight excluding hydrogens is 182 g/mol. The Kier molecular flexibility index (Phi) is 6.31. The van der Waals surface area contributed by atoms with Gasteiger partial charge in [0.2, 0.25) is 0 Å². The average Bonchev–Trinajstić information content (AvgIpc) is 2.24. The summed E-state index contributed by atoms with van der Waals surface area (Å²) in [6.45, 7) is 6.61. The molecule has 1 saturated heterocycles. The Labute approximate surface area is 96.4 Å². The molecule has 0 saturated carbocycles. The minimum atomic E-state index is 1.37. The van der Waals surface area contributed by atoms with Crippen LogP contribution in [-0.4, -0.2) is 31.2 Å². The molecule has 0 atom stereocenters. The highest BCUT2D eigenvalue weighted by Gasteiger charge is 2.23. The van der Waals surface area contributed by atoms with Crippen LogP contribution in [-0.2, 0) is 0 Å². The van der Waals surface area contributed by atoms with Crippen molar-refractivity contribution in [2.45, 2.75) is 64.7 Å². The molecule has 1 nitrogen and oxygen atoms in total. The lowest BCUT2D eigenvalue weighted by Gasteiger charge is -2.37. The summed E-state index contributed by atoms with van der Waals surface area (Å²) in [4.78, 5) is 0. The molecular formula is C14H30N+. The van der Waals surface area contributed by atoms with Crippen LogP contribution in [0.25, 0.3) is 0 Å². The number of hydrogen-bond donors (Lipinski definition) is 0. The van der Waals surface area contributed by atoms with E-state index in [1.54, 1.807) is 0 Å². The highest BCUT2D eigenvalue weighted by Crippen LogP contribution is 2.17. The summed E-state index contributed by atoms with van der Waals surface area (Å²) < 4.78 is 1.37. The second kappa shape index (κ2) is 7.27. The quantitative estimate of drug-likeness (QED) is 0.442. The van der Waals surface area contributed by atoms with Crippen LogP contribution >= 0.6 is 0 Å². The zero-order valence-electron chi connectivity index (χ0n) is 10.9. The van der Waals surface area contributed by atoms with Gasteiger partial charge >= 0.3 is 0 Å². The maximum absolute atomic E-state index is 2.46. The van der Waals surface area contributed by atoms with Gasteiger partial charge in [0.1, 0.15) is 0 Å². The molecule has 0 aromatic carbocycles.